The summed E-state index contributed by atoms with van der Waals surface area (Å²) < 4.78 is 44.3. The van der Waals surface area contributed by atoms with Gasteiger partial charge < -0.3 is 9.64 Å². The molecule has 2 rings (SSSR count). The molecule has 0 saturated carbocycles. The number of hydrogen-bond acceptors (Lipinski definition) is 3. The zero-order valence-electron chi connectivity index (χ0n) is 13.1. The maximum Gasteiger partial charge on any atom is 0.417 e. The lowest BCUT2D eigenvalue weighted by Gasteiger charge is -2.33. The minimum absolute atomic E-state index is 0.226. The van der Waals surface area contributed by atoms with Crippen LogP contribution in [0.2, 0.25) is 0 Å². The van der Waals surface area contributed by atoms with E-state index in [0.29, 0.717) is 18.4 Å². The molecule has 0 N–H and O–H groups in total. The molecule has 0 spiro atoms. The maximum absolute atomic E-state index is 13.0. The molecule has 1 heterocycles. The molecule has 1 atom stereocenters. The number of ether oxygens (including phenoxy) is 1. The van der Waals surface area contributed by atoms with Crippen LogP contribution in [0.25, 0.3) is 0 Å². The van der Waals surface area contributed by atoms with Crippen LogP contribution in [-0.4, -0.2) is 29.7 Å². The second-order valence-electron chi connectivity index (χ2n) is 6.54. The highest BCUT2D eigenvalue weighted by atomic mass is 32.1. The van der Waals surface area contributed by atoms with Gasteiger partial charge in [0.25, 0.3) is 0 Å². The first-order valence-corrected chi connectivity index (χ1v) is 7.99. The molecule has 1 amide bonds. The highest BCUT2D eigenvalue weighted by Gasteiger charge is 2.38. The number of carbonyl (C=O) groups excluding carboxylic acids is 1. The van der Waals surface area contributed by atoms with Crippen molar-refractivity contribution in [3.63, 3.8) is 0 Å². The number of hydrogen-bond donors (Lipinski definition) is 0. The number of amides is 1. The van der Waals surface area contributed by atoms with Crippen LogP contribution in [0.4, 0.5) is 18.0 Å². The van der Waals surface area contributed by atoms with Crippen LogP contribution in [0.3, 0.4) is 0 Å². The summed E-state index contributed by atoms with van der Waals surface area (Å²) in [5.41, 5.74) is -0.844. The van der Waals surface area contributed by atoms with Crippen molar-refractivity contribution in [1.82, 2.24) is 4.90 Å². The van der Waals surface area contributed by atoms with Crippen LogP contribution < -0.4 is 0 Å². The van der Waals surface area contributed by atoms with E-state index < -0.39 is 23.4 Å². The van der Waals surface area contributed by atoms with Crippen LogP contribution in [0, 0.1) is 0 Å². The first-order valence-electron chi connectivity index (χ1n) is 7.11. The molecule has 0 aliphatic heterocycles. The van der Waals surface area contributed by atoms with Crippen molar-refractivity contribution in [2.75, 3.05) is 7.05 Å². The van der Waals surface area contributed by atoms with Gasteiger partial charge in [0.2, 0.25) is 0 Å². The molecule has 0 bridgehead atoms. The fraction of sp³-hybridized carbons (Fsp3) is 0.667. The van der Waals surface area contributed by atoms with E-state index in [1.807, 2.05) is 0 Å². The van der Waals surface area contributed by atoms with Crippen molar-refractivity contribution in [3.05, 3.63) is 21.4 Å². The van der Waals surface area contributed by atoms with Crippen molar-refractivity contribution in [1.29, 1.82) is 0 Å². The van der Waals surface area contributed by atoms with E-state index in [1.165, 1.54) is 10.3 Å². The summed E-state index contributed by atoms with van der Waals surface area (Å²) >= 11 is 1.16. The molecule has 1 unspecified atom stereocenters. The second-order valence-corrected chi connectivity index (χ2v) is 7.50. The first-order chi connectivity index (χ1) is 9.99. The van der Waals surface area contributed by atoms with Gasteiger partial charge >= 0.3 is 12.3 Å². The topological polar surface area (TPSA) is 29.5 Å². The average molecular weight is 335 g/mol. The van der Waals surface area contributed by atoms with Crippen LogP contribution in [0.15, 0.2) is 5.38 Å². The lowest BCUT2D eigenvalue weighted by Crippen LogP contribution is -2.43. The van der Waals surface area contributed by atoms with Gasteiger partial charge in [-0.3, -0.25) is 0 Å². The van der Waals surface area contributed by atoms with E-state index in [4.69, 9.17) is 4.74 Å². The zero-order chi connectivity index (χ0) is 16.7. The van der Waals surface area contributed by atoms with Gasteiger partial charge in [-0.2, -0.15) is 13.2 Å². The lowest BCUT2D eigenvalue weighted by molar-refractivity contribution is -0.138. The van der Waals surface area contributed by atoms with E-state index in [1.54, 1.807) is 27.8 Å². The highest BCUT2D eigenvalue weighted by molar-refractivity contribution is 7.10. The molecular formula is C15H20F3NO2S. The molecule has 1 aromatic heterocycles. The second kappa shape index (κ2) is 5.76. The van der Waals surface area contributed by atoms with Gasteiger partial charge in [0, 0.05) is 23.3 Å². The standard InChI is InChI=1S/C15H20F3NO2S/c1-14(2,3)21-13(20)19(4)9-5-6-12-10(7-9)11(8-22-12)15(16,17)18/h8-9H,5-7H2,1-4H3. The molecule has 0 aromatic carbocycles. The van der Waals surface area contributed by atoms with Gasteiger partial charge in [-0.15, -0.1) is 11.3 Å². The van der Waals surface area contributed by atoms with Gasteiger partial charge in [0.05, 0.1) is 5.56 Å². The van der Waals surface area contributed by atoms with Gasteiger partial charge in [-0.1, -0.05) is 0 Å². The van der Waals surface area contributed by atoms with Crippen molar-refractivity contribution < 1.29 is 22.7 Å². The molecule has 1 aromatic rings. The molecule has 0 saturated heterocycles. The zero-order valence-corrected chi connectivity index (χ0v) is 13.9. The van der Waals surface area contributed by atoms with Crippen molar-refractivity contribution in [2.45, 2.75) is 57.9 Å². The number of halogens is 3. The molecular weight excluding hydrogens is 315 g/mol. The lowest BCUT2D eigenvalue weighted by atomic mass is 9.91. The Balaban J connectivity index is 2.14. The summed E-state index contributed by atoms with van der Waals surface area (Å²) in [6.45, 7) is 5.29. The summed E-state index contributed by atoms with van der Waals surface area (Å²) in [6, 6.07) is -0.266. The number of likely N-dealkylation sites (N-methyl/N-ethyl adjacent to an activating group) is 1. The third kappa shape index (κ3) is 3.74. The minimum atomic E-state index is -4.34. The summed E-state index contributed by atoms with van der Waals surface area (Å²) in [7, 11) is 1.59. The number of rotatable bonds is 1. The number of fused-ring (bicyclic) bond motifs is 1. The summed E-state index contributed by atoms with van der Waals surface area (Å²) in [5.74, 6) is 0. The Labute approximate surface area is 132 Å². The normalized spacial score (nSPS) is 18.8. The molecule has 7 heteroatoms. The Morgan fingerprint density at radius 3 is 2.55 bits per heavy atom. The summed E-state index contributed by atoms with van der Waals surface area (Å²) in [5, 5.41) is 1.18. The largest absolute Gasteiger partial charge is 0.444 e. The minimum Gasteiger partial charge on any atom is -0.444 e. The predicted octanol–water partition coefficient (Wildman–Crippen LogP) is 4.49. The van der Waals surface area contributed by atoms with Gasteiger partial charge in [-0.05, 0) is 45.6 Å². The SMILES string of the molecule is CN(C(=O)OC(C)(C)C)C1CCc2scc(C(F)(F)F)c2C1. The molecule has 3 nitrogen and oxygen atoms in total. The Morgan fingerprint density at radius 2 is 2.00 bits per heavy atom. The van der Waals surface area contributed by atoms with E-state index in [2.05, 4.69) is 0 Å². The number of alkyl halides is 3. The van der Waals surface area contributed by atoms with E-state index in [0.717, 1.165) is 16.2 Å². The number of nitrogens with zero attached hydrogens (tertiary/aromatic N) is 1. The summed E-state index contributed by atoms with van der Waals surface area (Å²) in [6.07, 6.45) is -3.39. The number of aryl methyl sites for hydroxylation is 1. The van der Waals surface area contributed by atoms with Gasteiger partial charge in [0.1, 0.15) is 5.60 Å². The van der Waals surface area contributed by atoms with E-state index in [9.17, 15) is 18.0 Å². The monoisotopic (exact) mass is 335 g/mol. The Morgan fingerprint density at radius 1 is 1.36 bits per heavy atom. The quantitative estimate of drug-likeness (QED) is 0.757. The number of thiophene rings is 1. The molecule has 1 aliphatic rings. The van der Waals surface area contributed by atoms with Crippen LogP contribution in [0.5, 0.6) is 0 Å². The van der Waals surface area contributed by atoms with Gasteiger partial charge in [-0.25, -0.2) is 4.79 Å². The van der Waals surface area contributed by atoms with Crippen LogP contribution in [0.1, 0.15) is 43.2 Å². The Kier molecular flexibility index (Phi) is 4.48. The number of carbonyl (C=O) groups is 1. The van der Waals surface area contributed by atoms with Crippen LogP contribution in [-0.2, 0) is 23.8 Å². The van der Waals surface area contributed by atoms with Gasteiger partial charge in [0.15, 0.2) is 0 Å². The Bertz CT molecular complexity index is 560. The fourth-order valence-electron chi connectivity index (χ4n) is 2.54. The predicted molar refractivity (Wildman–Crippen MR) is 79.1 cm³/mol. The fourth-order valence-corrected chi connectivity index (χ4v) is 3.65. The first kappa shape index (κ1) is 17.1. The van der Waals surface area contributed by atoms with Crippen molar-refractivity contribution in [2.24, 2.45) is 0 Å². The molecule has 22 heavy (non-hydrogen) atoms. The molecule has 0 radical (unpaired) electrons. The third-order valence-electron chi connectivity index (χ3n) is 3.66. The summed E-state index contributed by atoms with van der Waals surface area (Å²) in [4.78, 5) is 14.3. The van der Waals surface area contributed by atoms with E-state index >= 15 is 0 Å². The Hall–Kier alpha value is -1.24. The average Bonchev–Trinajstić information content (AvgIpc) is 2.78. The molecule has 124 valence electrons. The molecule has 0 fully saturated rings. The third-order valence-corrected chi connectivity index (χ3v) is 4.75. The van der Waals surface area contributed by atoms with Crippen molar-refractivity contribution >= 4 is 17.4 Å². The highest BCUT2D eigenvalue weighted by Crippen LogP contribution is 2.40. The van der Waals surface area contributed by atoms with Crippen LogP contribution >= 0.6 is 11.3 Å². The maximum atomic E-state index is 13.0. The smallest absolute Gasteiger partial charge is 0.417 e. The van der Waals surface area contributed by atoms with Crippen molar-refractivity contribution in [3.8, 4) is 0 Å². The van der Waals surface area contributed by atoms with E-state index in [-0.39, 0.29) is 12.5 Å². The molecule has 1 aliphatic carbocycles.